The first kappa shape index (κ1) is 18.7. The van der Waals surface area contributed by atoms with E-state index in [9.17, 15) is 13.2 Å². The second kappa shape index (κ2) is 6.90. The van der Waals surface area contributed by atoms with Gasteiger partial charge in [0, 0.05) is 17.1 Å². The molecule has 0 fully saturated rings. The molecule has 0 aliphatic heterocycles. The van der Waals surface area contributed by atoms with Gasteiger partial charge < -0.3 is 11.1 Å². The highest BCUT2D eigenvalue weighted by molar-refractivity contribution is 5.95. The number of aromatic amines is 1. The molecule has 0 bridgehead atoms. The summed E-state index contributed by atoms with van der Waals surface area (Å²) in [6, 6.07) is 12.5. The van der Waals surface area contributed by atoms with Crippen LogP contribution in [0, 0.1) is 0 Å². The molecule has 3 aromatic heterocycles. The Morgan fingerprint density at radius 3 is 2.48 bits per heavy atom. The monoisotopic (exact) mass is 422 g/mol. The van der Waals surface area contributed by atoms with Crippen molar-refractivity contribution < 1.29 is 13.2 Å². The maximum atomic E-state index is 13.6. The summed E-state index contributed by atoms with van der Waals surface area (Å²) in [5.74, 6) is 0.440. The predicted molar refractivity (Wildman–Crippen MR) is 109 cm³/mol. The van der Waals surface area contributed by atoms with Crippen LogP contribution in [0.4, 0.5) is 30.8 Å². The minimum Gasteiger partial charge on any atom is -0.368 e. The van der Waals surface area contributed by atoms with Crippen molar-refractivity contribution in [1.29, 1.82) is 0 Å². The third kappa shape index (κ3) is 3.35. The lowest BCUT2D eigenvalue weighted by molar-refractivity contribution is -0.137. The Morgan fingerprint density at radius 2 is 1.65 bits per heavy atom. The summed E-state index contributed by atoms with van der Waals surface area (Å²) in [6.45, 7) is 0. The fraction of sp³-hybridized carbons (Fsp3) is 0.0500. The number of aromatic nitrogens is 6. The van der Waals surface area contributed by atoms with Crippen LogP contribution in [-0.4, -0.2) is 30.1 Å². The molecular weight excluding hydrogens is 409 g/mol. The number of nitrogens with two attached hydrogens (primary N) is 1. The van der Waals surface area contributed by atoms with E-state index in [1.54, 1.807) is 0 Å². The van der Waals surface area contributed by atoms with Crippen molar-refractivity contribution in [3.8, 4) is 11.4 Å². The number of halogens is 3. The Bertz CT molecular complexity index is 1430. The SMILES string of the molecule is Nc1ncc2c(Nc3n[nH]c4ccccc34)nc(-c3ccccc3C(F)(F)F)nc2n1. The van der Waals surface area contributed by atoms with Gasteiger partial charge in [-0.1, -0.05) is 30.3 Å². The molecule has 0 aliphatic carbocycles. The zero-order valence-corrected chi connectivity index (χ0v) is 15.6. The van der Waals surface area contributed by atoms with Crippen molar-refractivity contribution in [2.24, 2.45) is 0 Å². The van der Waals surface area contributed by atoms with Crippen LogP contribution in [0.1, 0.15) is 5.56 Å². The Kier molecular flexibility index (Phi) is 4.17. The molecular formula is C20H13F3N8. The first-order valence-corrected chi connectivity index (χ1v) is 9.07. The van der Waals surface area contributed by atoms with E-state index in [0.717, 1.165) is 17.0 Å². The van der Waals surface area contributed by atoms with Gasteiger partial charge in [0.1, 0.15) is 5.82 Å². The Balaban J connectivity index is 1.72. The number of nitrogens with zero attached hydrogens (tertiary/aromatic N) is 5. The molecule has 0 atom stereocenters. The summed E-state index contributed by atoms with van der Waals surface area (Å²) in [7, 11) is 0. The molecule has 0 spiro atoms. The molecule has 0 saturated carbocycles. The van der Waals surface area contributed by atoms with Gasteiger partial charge in [0.15, 0.2) is 17.3 Å². The van der Waals surface area contributed by atoms with E-state index in [1.165, 1.54) is 24.4 Å². The smallest absolute Gasteiger partial charge is 0.368 e. The number of alkyl halides is 3. The zero-order chi connectivity index (χ0) is 21.6. The lowest BCUT2D eigenvalue weighted by atomic mass is 10.1. The molecule has 5 rings (SSSR count). The number of hydrogen-bond acceptors (Lipinski definition) is 7. The Hall–Kier alpha value is -4.28. The van der Waals surface area contributed by atoms with Crippen LogP contribution >= 0.6 is 0 Å². The van der Waals surface area contributed by atoms with Gasteiger partial charge in [0.25, 0.3) is 0 Å². The van der Waals surface area contributed by atoms with Gasteiger partial charge in [-0.2, -0.15) is 23.3 Å². The summed E-state index contributed by atoms with van der Waals surface area (Å²) in [6.07, 6.45) is -3.17. The maximum absolute atomic E-state index is 13.6. The molecule has 31 heavy (non-hydrogen) atoms. The minimum atomic E-state index is -4.58. The third-order valence-electron chi connectivity index (χ3n) is 4.65. The lowest BCUT2D eigenvalue weighted by Crippen LogP contribution is -2.09. The van der Waals surface area contributed by atoms with Crippen molar-refractivity contribution in [3.63, 3.8) is 0 Å². The summed E-state index contributed by atoms with van der Waals surface area (Å²) in [5, 5.41) is 11.3. The normalized spacial score (nSPS) is 11.8. The quantitative estimate of drug-likeness (QED) is 0.396. The van der Waals surface area contributed by atoms with Crippen LogP contribution in [0.2, 0.25) is 0 Å². The molecule has 0 saturated heterocycles. The predicted octanol–water partition coefficient (Wildman–Crippen LogP) is 4.31. The van der Waals surface area contributed by atoms with E-state index < -0.39 is 11.7 Å². The van der Waals surface area contributed by atoms with Crippen molar-refractivity contribution >= 4 is 39.5 Å². The number of H-pyrrole nitrogens is 1. The van der Waals surface area contributed by atoms with Crippen LogP contribution in [0.25, 0.3) is 33.3 Å². The summed E-state index contributed by atoms with van der Waals surface area (Å²) >= 11 is 0. The maximum Gasteiger partial charge on any atom is 0.417 e. The molecule has 0 amide bonds. The van der Waals surface area contributed by atoms with Crippen molar-refractivity contribution in [2.45, 2.75) is 6.18 Å². The van der Waals surface area contributed by atoms with Crippen molar-refractivity contribution in [1.82, 2.24) is 30.1 Å². The molecule has 11 heteroatoms. The summed E-state index contributed by atoms with van der Waals surface area (Å²) in [5.41, 5.74) is 5.53. The molecule has 3 heterocycles. The molecule has 0 unspecified atom stereocenters. The topological polar surface area (TPSA) is 118 Å². The molecule has 4 N–H and O–H groups in total. The molecule has 2 aromatic carbocycles. The van der Waals surface area contributed by atoms with E-state index in [4.69, 9.17) is 5.73 Å². The highest BCUT2D eigenvalue weighted by Gasteiger charge is 2.34. The molecule has 154 valence electrons. The van der Waals surface area contributed by atoms with Crippen molar-refractivity contribution in [3.05, 3.63) is 60.3 Å². The lowest BCUT2D eigenvalue weighted by Gasteiger charge is -2.13. The zero-order valence-electron chi connectivity index (χ0n) is 15.6. The van der Waals surface area contributed by atoms with E-state index in [1.807, 2.05) is 24.3 Å². The number of para-hydroxylation sites is 1. The average molecular weight is 422 g/mol. The van der Waals surface area contributed by atoms with Gasteiger partial charge in [-0.3, -0.25) is 5.10 Å². The number of rotatable bonds is 3. The van der Waals surface area contributed by atoms with Gasteiger partial charge in [0.2, 0.25) is 5.95 Å². The van der Waals surface area contributed by atoms with E-state index in [0.29, 0.717) is 11.2 Å². The van der Waals surface area contributed by atoms with E-state index in [2.05, 4.69) is 35.5 Å². The largest absolute Gasteiger partial charge is 0.417 e. The van der Waals surface area contributed by atoms with Crippen LogP contribution in [-0.2, 0) is 6.18 Å². The second-order valence-corrected chi connectivity index (χ2v) is 6.65. The third-order valence-corrected chi connectivity index (χ3v) is 4.65. The van der Waals surface area contributed by atoms with E-state index >= 15 is 0 Å². The number of fused-ring (bicyclic) bond motifs is 2. The van der Waals surface area contributed by atoms with E-state index in [-0.39, 0.29) is 28.8 Å². The van der Waals surface area contributed by atoms with Gasteiger partial charge in [0.05, 0.1) is 16.5 Å². The van der Waals surface area contributed by atoms with Gasteiger partial charge in [-0.25, -0.2) is 15.0 Å². The highest BCUT2D eigenvalue weighted by atomic mass is 19.4. The van der Waals surface area contributed by atoms with Gasteiger partial charge >= 0.3 is 6.18 Å². The standard InChI is InChI=1S/C20H13F3N8/c21-20(22,23)13-7-3-1-5-10(13)15-26-16(12-9-25-19(24)29-17(12)27-15)28-18-11-6-2-4-8-14(11)30-31-18/h1-9H,(H4,24,25,26,27,28,29,30,31). The number of benzene rings is 2. The van der Waals surface area contributed by atoms with Crippen LogP contribution in [0.15, 0.2) is 54.7 Å². The number of hydrogen-bond donors (Lipinski definition) is 3. The minimum absolute atomic E-state index is 0.0579. The summed E-state index contributed by atoms with van der Waals surface area (Å²) < 4.78 is 40.7. The van der Waals surface area contributed by atoms with Crippen LogP contribution < -0.4 is 11.1 Å². The Morgan fingerprint density at radius 1 is 0.871 bits per heavy atom. The van der Waals surface area contributed by atoms with Crippen LogP contribution in [0.5, 0.6) is 0 Å². The molecule has 0 radical (unpaired) electrons. The second-order valence-electron chi connectivity index (χ2n) is 6.65. The van der Waals surface area contributed by atoms with Gasteiger partial charge in [-0.05, 0) is 18.2 Å². The molecule has 8 nitrogen and oxygen atoms in total. The fourth-order valence-corrected chi connectivity index (χ4v) is 3.24. The molecule has 5 aromatic rings. The Labute approximate surface area is 172 Å². The van der Waals surface area contributed by atoms with Crippen LogP contribution in [0.3, 0.4) is 0 Å². The highest BCUT2D eigenvalue weighted by Crippen LogP contribution is 2.37. The first-order chi connectivity index (χ1) is 14.9. The average Bonchev–Trinajstić information content (AvgIpc) is 3.15. The number of nitrogens with one attached hydrogen (secondary N) is 2. The number of nitrogen functional groups attached to an aromatic ring is 1. The fourth-order valence-electron chi connectivity index (χ4n) is 3.24. The molecule has 0 aliphatic rings. The van der Waals surface area contributed by atoms with Gasteiger partial charge in [-0.15, -0.1) is 0 Å². The first-order valence-electron chi connectivity index (χ1n) is 9.07. The summed E-state index contributed by atoms with van der Waals surface area (Å²) in [4.78, 5) is 16.6. The van der Waals surface area contributed by atoms with Crippen molar-refractivity contribution in [2.75, 3.05) is 11.1 Å². The number of anilines is 3.